The van der Waals surface area contributed by atoms with Crippen LogP contribution in [0.3, 0.4) is 0 Å². The molecule has 10 unspecified atom stereocenters. The van der Waals surface area contributed by atoms with E-state index in [-0.39, 0.29) is 47.2 Å². The highest BCUT2D eigenvalue weighted by atomic mass is 19.4. The number of alkyl halides is 3. The van der Waals surface area contributed by atoms with Gasteiger partial charge in [-0.2, -0.15) is 23.1 Å². The Morgan fingerprint density at radius 3 is 1.92 bits per heavy atom. The molecule has 5 aromatic heterocycles. The number of ether oxygens (including phenoxy) is 7. The number of aryl methyl sites for hydroxylation is 1. The van der Waals surface area contributed by atoms with Gasteiger partial charge in [-0.25, -0.2) is 4.39 Å². The van der Waals surface area contributed by atoms with Gasteiger partial charge >= 0.3 is 6.18 Å². The molecule has 10 fully saturated rings. The number of pyridine rings is 3. The van der Waals surface area contributed by atoms with Gasteiger partial charge in [-0.15, -0.1) is 10.2 Å². The molecule has 1 aliphatic carbocycles. The van der Waals surface area contributed by atoms with Crippen molar-refractivity contribution in [2.75, 3.05) is 203 Å². The number of benzene rings is 2. The van der Waals surface area contributed by atoms with Crippen LogP contribution in [0.25, 0.3) is 0 Å². The van der Waals surface area contributed by atoms with Crippen LogP contribution in [0.5, 0.6) is 11.5 Å². The predicted octanol–water partition coefficient (Wildman–Crippen LogP) is 17.9. The van der Waals surface area contributed by atoms with E-state index in [9.17, 15) is 17.6 Å². The third-order valence-corrected chi connectivity index (χ3v) is 29.4. The van der Waals surface area contributed by atoms with E-state index < -0.39 is 11.7 Å². The van der Waals surface area contributed by atoms with Crippen molar-refractivity contribution in [1.29, 1.82) is 0 Å². The summed E-state index contributed by atoms with van der Waals surface area (Å²) in [5.74, 6) is 6.50. The molecule has 12 aliphatic heterocycles. The molecule has 31 heteroatoms. The fourth-order valence-electron chi connectivity index (χ4n) is 20.7. The van der Waals surface area contributed by atoms with Crippen molar-refractivity contribution < 1.29 is 50.7 Å². The average Bonchev–Trinajstić information content (AvgIpc) is 1.59. The number of fused-ring (bicyclic) bond motifs is 5. The van der Waals surface area contributed by atoms with Crippen molar-refractivity contribution >= 4 is 0 Å². The first kappa shape index (κ1) is 123. The Kier molecular flexibility index (Phi) is 57.0. The number of methoxy groups -OCH3 is 2. The third kappa shape index (κ3) is 41.9. The summed E-state index contributed by atoms with van der Waals surface area (Å²) in [6.07, 6.45) is 36.2. The molecule has 17 heterocycles. The van der Waals surface area contributed by atoms with Gasteiger partial charge in [0.25, 0.3) is 0 Å². The van der Waals surface area contributed by atoms with Gasteiger partial charge in [0.15, 0.2) is 12.2 Å². The lowest BCUT2D eigenvalue weighted by Gasteiger charge is -2.35. The second kappa shape index (κ2) is 65.8. The Labute approximate surface area is 854 Å². The summed E-state index contributed by atoms with van der Waals surface area (Å²) < 4.78 is 90.8. The number of hydrogen-bond donors (Lipinski definition) is 4. The molecule has 20 rings (SSSR count). The number of para-hydroxylation sites is 1. The Balaban J connectivity index is 0.000000239. The molecule has 7 aromatic rings. The number of hydrogen-bond acceptors (Lipinski definition) is 25. The van der Waals surface area contributed by atoms with E-state index in [1.165, 1.54) is 171 Å². The molecule has 10 atom stereocenters. The van der Waals surface area contributed by atoms with E-state index in [0.717, 1.165) is 219 Å². The van der Waals surface area contributed by atoms with Crippen LogP contribution in [-0.2, 0) is 75.2 Å². The molecule has 2 aromatic carbocycles. The number of tetrazole rings is 1. The first-order valence-corrected chi connectivity index (χ1v) is 51.6. The van der Waals surface area contributed by atoms with Crippen molar-refractivity contribution in [1.82, 2.24) is 101 Å². The Bertz CT molecular complexity index is 4440. The number of halogens is 4. The minimum absolute atomic E-state index is 0. The van der Waals surface area contributed by atoms with Crippen molar-refractivity contribution in [3.05, 3.63) is 185 Å². The van der Waals surface area contributed by atoms with Gasteiger partial charge < -0.3 is 88.7 Å². The lowest BCUT2D eigenvalue weighted by atomic mass is 9.90. The number of piperidine rings is 3. The van der Waals surface area contributed by atoms with Crippen molar-refractivity contribution in [3.63, 3.8) is 0 Å². The summed E-state index contributed by atoms with van der Waals surface area (Å²) in [6.45, 7) is 31.0. The molecule has 1 spiro atoms. The minimum atomic E-state index is -4.29. The van der Waals surface area contributed by atoms with Crippen molar-refractivity contribution in [2.45, 2.75) is 278 Å². The van der Waals surface area contributed by atoms with Crippen LogP contribution in [0, 0.1) is 42.3 Å². The summed E-state index contributed by atoms with van der Waals surface area (Å²) in [7, 11) is 24.5. The van der Waals surface area contributed by atoms with Crippen LogP contribution in [0.2, 0.25) is 0 Å². The standard InChI is InChI=1S/C14H20FN.C12H17NO.C11H16N2.C10H11F3N2.C10H17N3O.C9H16N2O.C9H12N2O.C9H17N.C8H14N4O.C8H17NO.C7H15NO.4CH4/c1-11-3-4-13(10-14(11)15)9-12-5-7-16(2)8-6-12;1-13-8-7-11(9-13)10-14-12-5-3-2-4-6-12;1-13-6-4-11(9-13)7-10-3-2-5-12-8-10;1-15-3-2-9-7(6-15)4-8(5-14-9)10(11,12)13;1-12-4-3-9-7-11-13(5-6-14-2)10(9)8-12;1-8-10-7-9(12-8)3-5-11(2)6-4-9;1-10-7-4-6-12-8-3-2-5-11-9(7)8;1-7-5-8-3-4-9(6-7)10(8)2;1-2-7-3-4-13-5-8(7)12-10-6-9-11-12;1-9-7-5-3-4-6-8(7)10-2;1-8-6-7-4-2-3-5-9-7;;;;/h3-4,10,12H,5-9H2,1-2H3;2-6,11H,7-10H2,1H3;2-3,5,8,11H,4,6-7,9H2,1H3;4-5H,2-3,6H2,1H3;7H,3-6,8H2,1-2H3;10H,1,3-7H2,2H3;2-3,5,7,10H,4,6H2,1H3;7-9H,3-6H2,1-2H3;6-8H,2-5H2,1H3;7-9H,3-6H2,1-2H3;7-8H,2-6H2,1H3;4*1H4. The normalized spacial score (nSPS) is 24.5. The van der Waals surface area contributed by atoms with E-state index in [1.807, 2.05) is 113 Å². The summed E-state index contributed by atoms with van der Waals surface area (Å²) >= 11 is 0. The largest absolute Gasteiger partial charge is 0.493 e. The number of likely N-dealkylation sites (tertiary alicyclic amines) is 4. The lowest BCUT2D eigenvalue weighted by Crippen LogP contribution is -2.45. The zero-order chi connectivity index (χ0) is 98.6. The third-order valence-electron chi connectivity index (χ3n) is 29.4. The highest BCUT2D eigenvalue weighted by molar-refractivity contribution is 5.32. The van der Waals surface area contributed by atoms with Gasteiger partial charge in [0.05, 0.1) is 87.0 Å². The monoisotopic (exact) mass is 1990 g/mol. The van der Waals surface area contributed by atoms with Gasteiger partial charge in [0.2, 0.25) is 0 Å². The molecule has 0 amide bonds. The number of likely N-dealkylation sites (N-methyl/N-ethyl adjacent to an activating group) is 4. The van der Waals surface area contributed by atoms with Gasteiger partial charge in [0, 0.05) is 167 Å². The zero-order valence-electron chi connectivity index (χ0n) is 86.4. The van der Waals surface area contributed by atoms with E-state index >= 15 is 0 Å². The molecular formula is C111H188F4N20O7. The number of aromatic nitrogens is 9. The predicted molar refractivity (Wildman–Crippen MR) is 569 cm³/mol. The number of nitrogens with zero attached hydrogens (tertiary/aromatic N) is 16. The molecule has 13 aliphatic rings. The van der Waals surface area contributed by atoms with E-state index in [4.69, 9.17) is 33.2 Å². The fraction of sp³-hybridized carbons (Fsp3) is 0.703. The summed E-state index contributed by atoms with van der Waals surface area (Å²) in [5.41, 5.74) is 7.97. The minimum Gasteiger partial charge on any atom is -0.493 e. The molecule has 0 radical (unpaired) electrons. The zero-order valence-corrected chi connectivity index (χ0v) is 86.4. The molecule has 27 nitrogen and oxygen atoms in total. The first-order valence-electron chi connectivity index (χ1n) is 51.6. The molecule has 802 valence electrons. The van der Waals surface area contributed by atoms with Crippen LogP contribution in [0.15, 0.2) is 129 Å². The van der Waals surface area contributed by atoms with Crippen LogP contribution in [0.1, 0.15) is 235 Å². The highest BCUT2D eigenvalue weighted by Gasteiger charge is 2.41. The van der Waals surface area contributed by atoms with Gasteiger partial charge in [-0.1, -0.05) is 99.2 Å². The molecule has 9 saturated heterocycles. The maximum atomic E-state index is 13.4. The lowest BCUT2D eigenvalue weighted by molar-refractivity contribution is -0.137. The smallest absolute Gasteiger partial charge is 0.417 e. The van der Waals surface area contributed by atoms with Crippen LogP contribution in [0.4, 0.5) is 17.6 Å². The van der Waals surface area contributed by atoms with Crippen molar-refractivity contribution in [3.8, 4) is 11.5 Å². The fourth-order valence-corrected chi connectivity index (χ4v) is 20.7. The first-order chi connectivity index (χ1) is 66.7. The molecule has 4 N–H and O–H groups in total. The van der Waals surface area contributed by atoms with Gasteiger partial charge in [-0.3, -0.25) is 19.6 Å². The van der Waals surface area contributed by atoms with Crippen LogP contribution >= 0.6 is 0 Å². The topological polar surface area (TPSA) is 236 Å². The Morgan fingerprint density at radius 2 is 1.31 bits per heavy atom. The van der Waals surface area contributed by atoms with Gasteiger partial charge in [0.1, 0.15) is 22.9 Å². The van der Waals surface area contributed by atoms with Crippen LogP contribution in [-0.4, -0.2) is 318 Å². The molecule has 2 bridgehead atoms. The Morgan fingerprint density at radius 1 is 0.634 bits per heavy atom. The summed E-state index contributed by atoms with van der Waals surface area (Å²) in [5, 5.41) is 28.8. The number of rotatable bonds is 17. The van der Waals surface area contributed by atoms with Gasteiger partial charge in [-0.05, 0) is 318 Å². The molecule has 142 heavy (non-hydrogen) atoms. The second-order valence-electron chi connectivity index (χ2n) is 40.4. The molecule has 1 saturated carbocycles. The van der Waals surface area contributed by atoms with E-state index in [1.54, 1.807) is 31.3 Å². The van der Waals surface area contributed by atoms with Crippen LogP contribution < -0.4 is 30.7 Å². The van der Waals surface area contributed by atoms with E-state index in [0.29, 0.717) is 48.2 Å². The average molecular weight is 1990 g/mol. The number of nitrogens with one attached hydrogen (secondary N) is 4. The SMILES string of the molecule is C.C.C.C.C=C1NCC2(CCN(C)CC2)O1.CC1CC2CCC(C1)N2C.CCC1CCOCC1n1ncnn1.CN1CCC(COc2ccccc2)C1.CN1CCC(Cc2cccnc2)C1.CN1CCc2ncc(C(F)(F)F)cc2C1.CNC1CCCCC1OC.CNC1CCOc2cccnc21.CNCC1CCCCO1.COCCn1ncc2c1CN(C)CC2.Cc1ccc(CC2CCN(C)CC2)cc1F. The highest BCUT2D eigenvalue weighted by Crippen LogP contribution is 2.38. The van der Waals surface area contributed by atoms with E-state index in [2.05, 4.69) is 166 Å². The quantitative estimate of drug-likeness (QED) is 0.0620. The summed E-state index contributed by atoms with van der Waals surface area (Å²) in [6, 6.07) is 28.1. The summed E-state index contributed by atoms with van der Waals surface area (Å²) in [4.78, 5) is 30.4. The maximum absolute atomic E-state index is 13.4. The van der Waals surface area contributed by atoms with Crippen molar-refractivity contribution in [2.24, 2.45) is 29.6 Å². The Hall–Kier alpha value is -7.73. The second-order valence-corrected chi connectivity index (χ2v) is 40.4. The molecular weight excluding hydrogens is 1800 g/mol. The maximum Gasteiger partial charge on any atom is 0.417 e.